The highest BCUT2D eigenvalue weighted by atomic mass is 32.2. The molecule has 1 N–H and O–H groups in total. The highest BCUT2D eigenvalue weighted by molar-refractivity contribution is 7.92. The van der Waals surface area contributed by atoms with Crippen LogP contribution in [-0.4, -0.2) is 23.2 Å². The van der Waals surface area contributed by atoms with E-state index in [1.165, 1.54) is 0 Å². The third-order valence-corrected chi connectivity index (χ3v) is 4.55. The topological polar surface area (TPSA) is 76.9 Å². The Hall–Kier alpha value is -2.67. The van der Waals surface area contributed by atoms with Gasteiger partial charge in [-0.25, -0.2) is 9.67 Å². The Labute approximate surface area is 141 Å². The molecule has 0 saturated carbocycles. The van der Waals surface area contributed by atoms with E-state index < -0.39 is 10.0 Å². The number of aromatic nitrogens is 3. The third kappa shape index (κ3) is 3.46. The largest absolute Gasteiger partial charge is 0.299 e. The van der Waals surface area contributed by atoms with Crippen molar-refractivity contribution in [2.24, 2.45) is 0 Å². The number of nitrogens with one attached hydrogen (secondary N) is 1. The summed E-state index contributed by atoms with van der Waals surface area (Å²) in [5.41, 5.74) is 1.26. The van der Waals surface area contributed by atoms with Crippen LogP contribution in [0.4, 0.5) is 5.69 Å². The van der Waals surface area contributed by atoms with Crippen LogP contribution in [0, 0.1) is 0 Å². The number of para-hydroxylation sites is 2. The molecule has 0 unspecified atom stereocenters. The zero-order valence-electron chi connectivity index (χ0n) is 13.3. The minimum Gasteiger partial charge on any atom is -0.277 e. The monoisotopic (exact) mass is 342 g/mol. The Morgan fingerprint density at radius 3 is 2.25 bits per heavy atom. The predicted octanol–water partition coefficient (Wildman–Crippen LogP) is 3.02. The summed E-state index contributed by atoms with van der Waals surface area (Å²) >= 11 is 0. The number of rotatable bonds is 6. The molecule has 1 heterocycles. The molecule has 3 aromatic rings. The van der Waals surface area contributed by atoms with Gasteiger partial charge in [0.1, 0.15) is 5.82 Å². The fourth-order valence-electron chi connectivity index (χ4n) is 2.31. The number of anilines is 1. The Morgan fingerprint density at radius 1 is 1.00 bits per heavy atom. The lowest BCUT2D eigenvalue weighted by atomic mass is 10.3. The molecule has 0 aliphatic carbocycles. The van der Waals surface area contributed by atoms with Crippen molar-refractivity contribution < 1.29 is 8.42 Å². The molecule has 0 aliphatic rings. The number of sulfonamides is 1. The molecule has 0 saturated heterocycles. The molecule has 0 atom stereocenters. The lowest BCUT2D eigenvalue weighted by Gasteiger charge is -2.04. The smallest absolute Gasteiger partial charge is 0.277 e. The first-order valence-electron chi connectivity index (χ1n) is 7.69. The zero-order chi connectivity index (χ0) is 17.0. The highest BCUT2D eigenvalue weighted by Gasteiger charge is 2.23. The number of aryl methyl sites for hydroxylation is 1. The summed E-state index contributed by atoms with van der Waals surface area (Å²) in [6.45, 7) is 2.01. The molecule has 6 nitrogen and oxygen atoms in total. The highest BCUT2D eigenvalue weighted by Crippen LogP contribution is 2.16. The van der Waals surface area contributed by atoms with Gasteiger partial charge < -0.3 is 0 Å². The molecule has 1 aromatic heterocycles. The van der Waals surface area contributed by atoms with E-state index in [-0.39, 0.29) is 5.16 Å². The van der Waals surface area contributed by atoms with Crippen LogP contribution in [0.15, 0.2) is 65.8 Å². The summed E-state index contributed by atoms with van der Waals surface area (Å²) in [4.78, 5) is 4.25. The fraction of sp³-hybridized carbons (Fsp3) is 0.176. The van der Waals surface area contributed by atoms with Crippen LogP contribution in [0.3, 0.4) is 0 Å². The van der Waals surface area contributed by atoms with Gasteiger partial charge in [0.25, 0.3) is 15.2 Å². The molecule has 0 radical (unpaired) electrons. The van der Waals surface area contributed by atoms with Gasteiger partial charge in [-0.05, 0) is 30.7 Å². The van der Waals surface area contributed by atoms with Gasteiger partial charge in [-0.2, -0.15) is 8.42 Å². The van der Waals surface area contributed by atoms with E-state index in [0.717, 1.165) is 12.1 Å². The van der Waals surface area contributed by atoms with Gasteiger partial charge >= 0.3 is 0 Å². The van der Waals surface area contributed by atoms with E-state index >= 15 is 0 Å². The van der Waals surface area contributed by atoms with Crippen molar-refractivity contribution in [2.75, 3.05) is 4.72 Å². The van der Waals surface area contributed by atoms with Gasteiger partial charge in [-0.3, -0.25) is 4.72 Å². The Balaban J connectivity index is 1.99. The molecule has 2 aromatic carbocycles. The van der Waals surface area contributed by atoms with Crippen molar-refractivity contribution in [3.05, 3.63) is 66.5 Å². The molecule has 3 rings (SSSR count). The van der Waals surface area contributed by atoms with Crippen LogP contribution in [-0.2, 0) is 16.4 Å². The fourth-order valence-corrected chi connectivity index (χ4v) is 3.26. The minimum absolute atomic E-state index is 0.223. The Kier molecular flexibility index (Phi) is 4.61. The maximum atomic E-state index is 12.6. The van der Waals surface area contributed by atoms with E-state index in [0.29, 0.717) is 17.9 Å². The lowest BCUT2D eigenvalue weighted by Crippen LogP contribution is -2.15. The van der Waals surface area contributed by atoms with Crippen molar-refractivity contribution in [2.45, 2.75) is 24.9 Å². The summed E-state index contributed by atoms with van der Waals surface area (Å²) in [6, 6.07) is 18.1. The van der Waals surface area contributed by atoms with Crippen LogP contribution in [0.1, 0.15) is 19.2 Å². The van der Waals surface area contributed by atoms with Crippen molar-refractivity contribution in [3.63, 3.8) is 0 Å². The number of hydrogen-bond donors (Lipinski definition) is 1. The van der Waals surface area contributed by atoms with Crippen molar-refractivity contribution >= 4 is 15.7 Å². The first-order valence-corrected chi connectivity index (χ1v) is 9.17. The second kappa shape index (κ2) is 6.84. The molecule has 0 amide bonds. The van der Waals surface area contributed by atoms with E-state index in [1.807, 2.05) is 43.3 Å². The van der Waals surface area contributed by atoms with Gasteiger partial charge in [0, 0.05) is 12.1 Å². The van der Waals surface area contributed by atoms with Gasteiger partial charge in [-0.1, -0.05) is 43.3 Å². The average molecular weight is 342 g/mol. The van der Waals surface area contributed by atoms with Crippen molar-refractivity contribution in [1.29, 1.82) is 0 Å². The average Bonchev–Trinajstić information content (AvgIpc) is 3.02. The van der Waals surface area contributed by atoms with Gasteiger partial charge in [0.05, 0.1) is 5.69 Å². The Bertz CT molecular complexity index is 906. The Morgan fingerprint density at radius 2 is 1.62 bits per heavy atom. The number of nitrogens with zero attached hydrogens (tertiary/aromatic N) is 3. The first-order chi connectivity index (χ1) is 11.6. The van der Waals surface area contributed by atoms with Crippen LogP contribution in [0.2, 0.25) is 0 Å². The molecule has 24 heavy (non-hydrogen) atoms. The predicted molar refractivity (Wildman–Crippen MR) is 92.6 cm³/mol. The number of hydrogen-bond acceptors (Lipinski definition) is 4. The van der Waals surface area contributed by atoms with Crippen molar-refractivity contribution in [1.82, 2.24) is 14.8 Å². The van der Waals surface area contributed by atoms with E-state index in [9.17, 15) is 8.42 Å². The second-order valence-electron chi connectivity index (χ2n) is 5.28. The summed E-state index contributed by atoms with van der Waals surface area (Å²) in [6.07, 6.45) is 1.49. The quantitative estimate of drug-likeness (QED) is 0.747. The summed E-state index contributed by atoms with van der Waals surface area (Å²) < 4.78 is 29.2. The molecule has 0 fully saturated rings. The van der Waals surface area contributed by atoms with Crippen molar-refractivity contribution in [3.8, 4) is 5.69 Å². The van der Waals surface area contributed by atoms with Crippen LogP contribution >= 0.6 is 0 Å². The second-order valence-corrected chi connectivity index (χ2v) is 6.86. The summed E-state index contributed by atoms with van der Waals surface area (Å²) in [5, 5.41) is 4.00. The minimum atomic E-state index is -3.83. The first kappa shape index (κ1) is 16.2. The van der Waals surface area contributed by atoms with Crippen LogP contribution in [0.25, 0.3) is 5.69 Å². The third-order valence-electron chi connectivity index (χ3n) is 3.40. The maximum Gasteiger partial charge on any atom is 0.299 e. The molecule has 0 aliphatic heterocycles. The molecular weight excluding hydrogens is 324 g/mol. The molecule has 0 bridgehead atoms. The molecular formula is C17H18N4O2S. The standard InChI is InChI=1S/C17H18N4O2S/c1-2-9-16-18-17(19-21(16)15-12-7-4-8-13-15)24(22,23)20-14-10-5-3-6-11-14/h3-8,10-13,20H,2,9H2,1H3. The van der Waals surface area contributed by atoms with Crippen LogP contribution < -0.4 is 4.72 Å². The lowest BCUT2D eigenvalue weighted by molar-refractivity contribution is 0.591. The SMILES string of the molecule is CCCc1nc(S(=O)(=O)Nc2ccccc2)nn1-c1ccccc1. The normalized spacial score (nSPS) is 11.4. The van der Waals surface area contributed by atoms with Crippen LogP contribution in [0.5, 0.6) is 0 Å². The maximum absolute atomic E-state index is 12.6. The molecule has 7 heteroatoms. The molecule has 124 valence electrons. The molecule has 0 spiro atoms. The van der Waals surface area contributed by atoms with Gasteiger partial charge in [0.15, 0.2) is 0 Å². The summed E-state index contributed by atoms with van der Waals surface area (Å²) in [7, 11) is -3.83. The van der Waals surface area contributed by atoms with E-state index in [1.54, 1.807) is 28.9 Å². The zero-order valence-corrected chi connectivity index (χ0v) is 14.1. The van der Waals surface area contributed by atoms with E-state index in [4.69, 9.17) is 0 Å². The number of benzene rings is 2. The summed E-state index contributed by atoms with van der Waals surface area (Å²) in [5.74, 6) is 0.622. The van der Waals surface area contributed by atoms with Gasteiger partial charge in [-0.15, -0.1) is 5.10 Å². The van der Waals surface area contributed by atoms with Gasteiger partial charge in [0.2, 0.25) is 0 Å². The van der Waals surface area contributed by atoms with E-state index in [2.05, 4.69) is 14.8 Å².